The maximum atomic E-state index is 10.1. The van der Waals surface area contributed by atoms with Gasteiger partial charge in [0.05, 0.1) is 6.42 Å². The molecule has 46 valence electrons. The summed E-state index contributed by atoms with van der Waals surface area (Å²) >= 11 is 0. The van der Waals surface area contributed by atoms with Crippen molar-refractivity contribution in [1.82, 2.24) is 0 Å². The summed E-state index contributed by atoms with van der Waals surface area (Å²) in [5.74, 6) is -0.551. The van der Waals surface area contributed by atoms with Crippen molar-refractivity contribution in [2.45, 2.75) is 18.8 Å². The second-order valence-electron chi connectivity index (χ2n) is 1.65. The number of carbonyl (C=O) groups excluding carboxylic acids is 1. The van der Waals surface area contributed by atoms with E-state index in [1.807, 2.05) is 0 Å². The van der Waals surface area contributed by atoms with Crippen molar-refractivity contribution in [3.63, 3.8) is 0 Å². The molecular formula is C4H6O4. The van der Waals surface area contributed by atoms with Gasteiger partial charge < -0.3 is 14.9 Å². The molecule has 0 aromatic rings. The summed E-state index contributed by atoms with van der Waals surface area (Å²) in [5, 5.41) is 17.0. The lowest BCUT2D eigenvalue weighted by atomic mass is 10.3. The molecule has 4 heteroatoms. The van der Waals surface area contributed by atoms with Crippen LogP contribution in [-0.2, 0) is 9.53 Å². The molecule has 0 aromatic heterocycles. The quantitative estimate of drug-likeness (QED) is 0.384. The van der Waals surface area contributed by atoms with Gasteiger partial charge in [-0.1, -0.05) is 0 Å². The van der Waals surface area contributed by atoms with Crippen molar-refractivity contribution in [2.24, 2.45) is 0 Å². The Hall–Kier alpha value is -0.610. The third kappa shape index (κ3) is 0.801. The highest BCUT2D eigenvalue weighted by atomic mass is 16.7. The van der Waals surface area contributed by atoms with E-state index in [0.29, 0.717) is 0 Å². The minimum absolute atomic E-state index is 0.0961. The summed E-state index contributed by atoms with van der Waals surface area (Å²) in [6, 6.07) is 0. The van der Waals surface area contributed by atoms with Gasteiger partial charge in [-0.15, -0.1) is 0 Å². The molecule has 0 spiro atoms. The second-order valence-corrected chi connectivity index (χ2v) is 1.65. The van der Waals surface area contributed by atoms with Gasteiger partial charge >= 0.3 is 5.97 Å². The Morgan fingerprint density at radius 1 is 1.62 bits per heavy atom. The van der Waals surface area contributed by atoms with Crippen LogP contribution in [0.3, 0.4) is 0 Å². The van der Waals surface area contributed by atoms with Gasteiger partial charge in [0.2, 0.25) is 6.29 Å². The van der Waals surface area contributed by atoms with Crippen molar-refractivity contribution in [1.29, 1.82) is 0 Å². The molecule has 0 aliphatic carbocycles. The van der Waals surface area contributed by atoms with Crippen molar-refractivity contribution in [3.8, 4) is 0 Å². The Labute approximate surface area is 45.7 Å². The molecule has 0 aromatic carbocycles. The highest BCUT2D eigenvalue weighted by Gasteiger charge is 2.30. The fraction of sp³-hybridized carbons (Fsp3) is 0.750. The Balaban J connectivity index is 2.51. The van der Waals surface area contributed by atoms with Gasteiger partial charge in [0, 0.05) is 0 Å². The van der Waals surface area contributed by atoms with Gasteiger partial charge in [-0.25, -0.2) is 0 Å². The molecule has 1 aliphatic heterocycles. The van der Waals surface area contributed by atoms with Crippen molar-refractivity contribution >= 4 is 5.97 Å². The number of esters is 1. The normalized spacial score (nSPS) is 37.5. The third-order valence-electron chi connectivity index (χ3n) is 0.957. The van der Waals surface area contributed by atoms with Gasteiger partial charge in [-0.3, -0.25) is 4.79 Å². The first-order valence-corrected chi connectivity index (χ1v) is 2.26. The Morgan fingerprint density at radius 2 is 2.25 bits per heavy atom. The van der Waals surface area contributed by atoms with E-state index in [4.69, 9.17) is 10.2 Å². The van der Waals surface area contributed by atoms with E-state index in [-0.39, 0.29) is 6.42 Å². The number of hydrogen-bond donors (Lipinski definition) is 2. The van der Waals surface area contributed by atoms with Gasteiger partial charge in [-0.2, -0.15) is 0 Å². The molecule has 1 heterocycles. The molecule has 1 rings (SSSR count). The van der Waals surface area contributed by atoms with Crippen LogP contribution in [0.1, 0.15) is 6.42 Å². The number of ether oxygens (including phenoxy) is 1. The van der Waals surface area contributed by atoms with Crippen LogP contribution < -0.4 is 0 Å². The molecule has 4 nitrogen and oxygen atoms in total. The molecule has 2 atom stereocenters. The van der Waals surface area contributed by atoms with Crippen molar-refractivity contribution < 1.29 is 19.7 Å². The Morgan fingerprint density at radius 3 is 2.38 bits per heavy atom. The van der Waals surface area contributed by atoms with Crippen molar-refractivity contribution in [2.75, 3.05) is 0 Å². The van der Waals surface area contributed by atoms with Crippen molar-refractivity contribution in [3.05, 3.63) is 0 Å². The number of hydrogen-bond acceptors (Lipinski definition) is 4. The Kier molecular flexibility index (Phi) is 1.19. The van der Waals surface area contributed by atoms with Crippen LogP contribution in [0, 0.1) is 0 Å². The number of cyclic esters (lactones) is 1. The molecule has 0 saturated carbocycles. The summed E-state index contributed by atoms with van der Waals surface area (Å²) in [6.07, 6.45) is -2.42. The summed E-state index contributed by atoms with van der Waals surface area (Å²) < 4.78 is 4.14. The zero-order valence-electron chi connectivity index (χ0n) is 4.07. The smallest absolute Gasteiger partial charge is 0.311 e. The highest BCUT2D eigenvalue weighted by Crippen LogP contribution is 2.10. The summed E-state index contributed by atoms with van der Waals surface area (Å²) in [4.78, 5) is 10.1. The molecule has 1 fully saturated rings. The monoisotopic (exact) mass is 118 g/mol. The minimum Gasteiger partial charge on any atom is -0.433 e. The first-order chi connectivity index (χ1) is 3.70. The second kappa shape index (κ2) is 1.72. The van der Waals surface area contributed by atoms with Crippen LogP contribution in [0.15, 0.2) is 0 Å². The van der Waals surface area contributed by atoms with E-state index < -0.39 is 18.4 Å². The van der Waals surface area contributed by atoms with Crippen LogP contribution >= 0.6 is 0 Å². The van der Waals surface area contributed by atoms with Crippen LogP contribution in [-0.4, -0.2) is 28.6 Å². The summed E-state index contributed by atoms with van der Waals surface area (Å²) in [6.45, 7) is 0. The molecular weight excluding hydrogens is 112 g/mol. The summed E-state index contributed by atoms with van der Waals surface area (Å²) in [5.41, 5.74) is 0. The Bertz CT molecular complexity index is 98.6. The van der Waals surface area contributed by atoms with Crippen LogP contribution in [0.5, 0.6) is 0 Å². The van der Waals surface area contributed by atoms with E-state index in [1.54, 1.807) is 0 Å². The average molecular weight is 118 g/mol. The highest BCUT2D eigenvalue weighted by molar-refractivity contribution is 5.72. The first-order valence-electron chi connectivity index (χ1n) is 2.26. The average Bonchev–Trinajstić information content (AvgIpc) is 1.85. The van der Waals surface area contributed by atoms with E-state index in [2.05, 4.69) is 4.74 Å². The third-order valence-corrected chi connectivity index (χ3v) is 0.957. The number of rotatable bonds is 0. The lowest BCUT2D eigenvalue weighted by Gasteiger charge is -2.01. The molecule has 1 saturated heterocycles. The SMILES string of the molecule is O=C1C[C@@H](O)[C@H](O)O1. The number of aliphatic hydroxyl groups excluding tert-OH is 2. The fourth-order valence-corrected chi connectivity index (χ4v) is 0.533. The van der Waals surface area contributed by atoms with Gasteiger partial charge in [0.1, 0.15) is 6.10 Å². The van der Waals surface area contributed by atoms with E-state index in [1.165, 1.54) is 0 Å². The van der Waals surface area contributed by atoms with E-state index in [9.17, 15) is 4.79 Å². The van der Waals surface area contributed by atoms with Gasteiger partial charge in [0.15, 0.2) is 0 Å². The largest absolute Gasteiger partial charge is 0.433 e. The molecule has 0 radical (unpaired) electrons. The maximum Gasteiger partial charge on any atom is 0.311 e. The van der Waals surface area contributed by atoms with E-state index >= 15 is 0 Å². The molecule has 8 heavy (non-hydrogen) atoms. The standard InChI is InChI=1S/C4H6O4/c5-2-1-3(6)8-4(2)7/h2,4-5,7H,1H2/t2-,4-/m1/s1. The van der Waals surface area contributed by atoms with Gasteiger partial charge in [-0.05, 0) is 0 Å². The zero-order valence-corrected chi connectivity index (χ0v) is 4.07. The fourth-order valence-electron chi connectivity index (χ4n) is 0.533. The maximum absolute atomic E-state index is 10.1. The lowest BCUT2D eigenvalue weighted by molar-refractivity contribution is -0.159. The molecule has 0 bridgehead atoms. The predicted molar refractivity (Wildman–Crippen MR) is 22.7 cm³/mol. The van der Waals surface area contributed by atoms with Gasteiger partial charge in [0.25, 0.3) is 0 Å². The van der Waals surface area contributed by atoms with Crippen LogP contribution in [0.25, 0.3) is 0 Å². The predicted octanol–water partition coefficient (Wildman–Crippen LogP) is -1.39. The number of carbonyl (C=O) groups is 1. The molecule has 0 amide bonds. The van der Waals surface area contributed by atoms with Crippen LogP contribution in [0.2, 0.25) is 0 Å². The lowest BCUT2D eigenvalue weighted by Crippen LogP contribution is -2.18. The molecule has 1 aliphatic rings. The zero-order chi connectivity index (χ0) is 6.15. The first kappa shape index (κ1) is 5.53. The summed E-state index contributed by atoms with van der Waals surface area (Å²) in [7, 11) is 0. The number of aliphatic hydroxyl groups is 2. The minimum atomic E-state index is -1.30. The molecule has 2 N–H and O–H groups in total. The molecule has 0 unspecified atom stereocenters. The van der Waals surface area contributed by atoms with Crippen LogP contribution in [0.4, 0.5) is 0 Å². The topological polar surface area (TPSA) is 66.8 Å². The van der Waals surface area contributed by atoms with E-state index in [0.717, 1.165) is 0 Å².